The molecule has 0 radical (unpaired) electrons. The average Bonchev–Trinajstić information content (AvgIpc) is 3.31. The lowest BCUT2D eigenvalue weighted by Crippen LogP contribution is -2.40. The predicted molar refractivity (Wildman–Crippen MR) is 118 cm³/mol. The summed E-state index contributed by atoms with van der Waals surface area (Å²) in [5.41, 5.74) is 4.88. The second kappa shape index (κ2) is 7.64. The quantitative estimate of drug-likeness (QED) is 0.670. The van der Waals surface area contributed by atoms with E-state index in [1.54, 1.807) is 0 Å². The van der Waals surface area contributed by atoms with Crippen LogP contribution in [0.4, 0.5) is 0 Å². The highest BCUT2D eigenvalue weighted by atomic mass is 16.2. The van der Waals surface area contributed by atoms with Crippen LogP contribution < -0.4 is 0 Å². The molecule has 0 bridgehead atoms. The molecule has 2 heterocycles. The number of benzene rings is 2. The number of amides is 1. The molecule has 1 aliphatic heterocycles. The Labute approximate surface area is 172 Å². The van der Waals surface area contributed by atoms with Gasteiger partial charge in [-0.05, 0) is 70.0 Å². The zero-order chi connectivity index (χ0) is 20.7. The number of imidazole rings is 1. The number of aryl methyl sites for hydroxylation is 2. The lowest BCUT2D eigenvalue weighted by molar-refractivity contribution is 0.0731. The number of carbonyl (C=O) groups is 1. The van der Waals surface area contributed by atoms with Gasteiger partial charge in [0, 0.05) is 43.5 Å². The molecule has 0 spiro atoms. The van der Waals surface area contributed by atoms with Gasteiger partial charge >= 0.3 is 0 Å². The summed E-state index contributed by atoms with van der Waals surface area (Å²) in [6.07, 6.45) is 1.04. The van der Waals surface area contributed by atoms with Crippen molar-refractivity contribution in [2.75, 3.05) is 20.1 Å². The largest absolute Gasteiger partial charge is 0.337 e. The standard InChI is InChI=1S/C24H30N4O/c1-16(2)27-13-12-20(15-27)26(5)24(29)21-11-10-19(14-17(21)3)28-18(4)25-22-8-6-7-9-23(22)28/h6-11,14,16,20H,12-13,15H2,1-5H3/t20-/m1/s1. The maximum absolute atomic E-state index is 13.2. The highest BCUT2D eigenvalue weighted by Gasteiger charge is 2.30. The average molecular weight is 391 g/mol. The van der Waals surface area contributed by atoms with Crippen molar-refractivity contribution in [3.63, 3.8) is 0 Å². The molecule has 29 heavy (non-hydrogen) atoms. The fourth-order valence-corrected chi connectivity index (χ4v) is 4.41. The van der Waals surface area contributed by atoms with E-state index in [0.29, 0.717) is 6.04 Å². The monoisotopic (exact) mass is 390 g/mol. The summed E-state index contributed by atoms with van der Waals surface area (Å²) >= 11 is 0. The van der Waals surface area contributed by atoms with Gasteiger partial charge in [0.1, 0.15) is 5.82 Å². The van der Waals surface area contributed by atoms with E-state index in [2.05, 4.69) is 40.4 Å². The summed E-state index contributed by atoms with van der Waals surface area (Å²) in [5, 5.41) is 0. The van der Waals surface area contributed by atoms with Crippen LogP contribution in [0.5, 0.6) is 0 Å². The van der Waals surface area contributed by atoms with E-state index >= 15 is 0 Å². The number of rotatable bonds is 4. The number of likely N-dealkylation sites (tertiary alicyclic amines) is 1. The Morgan fingerprint density at radius 3 is 2.62 bits per heavy atom. The lowest BCUT2D eigenvalue weighted by Gasteiger charge is -2.27. The second-order valence-corrected chi connectivity index (χ2v) is 8.43. The van der Waals surface area contributed by atoms with Gasteiger partial charge in [-0.3, -0.25) is 14.3 Å². The van der Waals surface area contributed by atoms with Crippen molar-refractivity contribution < 1.29 is 4.79 Å². The number of nitrogens with zero attached hydrogens (tertiary/aromatic N) is 4. The van der Waals surface area contributed by atoms with Crippen LogP contribution in [0.25, 0.3) is 16.7 Å². The van der Waals surface area contributed by atoms with Gasteiger partial charge < -0.3 is 4.90 Å². The van der Waals surface area contributed by atoms with Gasteiger partial charge in [0.15, 0.2) is 0 Å². The molecule has 3 aromatic rings. The number of hydrogen-bond donors (Lipinski definition) is 0. The fraction of sp³-hybridized carbons (Fsp3) is 0.417. The lowest BCUT2D eigenvalue weighted by atomic mass is 10.1. The molecule has 1 saturated heterocycles. The summed E-state index contributed by atoms with van der Waals surface area (Å²) < 4.78 is 2.15. The Morgan fingerprint density at radius 1 is 1.17 bits per heavy atom. The Hall–Kier alpha value is -2.66. The van der Waals surface area contributed by atoms with Crippen molar-refractivity contribution in [2.45, 2.75) is 46.2 Å². The first kappa shape index (κ1) is 19.6. The molecule has 2 aromatic carbocycles. The smallest absolute Gasteiger partial charge is 0.254 e. The van der Waals surface area contributed by atoms with Crippen molar-refractivity contribution in [2.24, 2.45) is 0 Å². The van der Waals surface area contributed by atoms with E-state index in [0.717, 1.165) is 53.2 Å². The minimum atomic E-state index is 0.108. The fourth-order valence-electron chi connectivity index (χ4n) is 4.41. The van der Waals surface area contributed by atoms with E-state index in [1.165, 1.54) is 0 Å². The number of likely N-dealkylation sites (N-methyl/N-ethyl adjacent to an activating group) is 1. The van der Waals surface area contributed by atoms with Gasteiger partial charge in [-0.2, -0.15) is 0 Å². The van der Waals surface area contributed by atoms with E-state index in [-0.39, 0.29) is 11.9 Å². The van der Waals surface area contributed by atoms with Crippen molar-refractivity contribution in [1.29, 1.82) is 0 Å². The normalized spacial score (nSPS) is 17.4. The van der Waals surface area contributed by atoms with E-state index < -0.39 is 0 Å². The van der Waals surface area contributed by atoms with Crippen LogP contribution in [-0.4, -0.2) is 57.5 Å². The van der Waals surface area contributed by atoms with E-state index in [4.69, 9.17) is 0 Å². The second-order valence-electron chi connectivity index (χ2n) is 8.43. The maximum Gasteiger partial charge on any atom is 0.254 e. The highest BCUT2D eigenvalue weighted by molar-refractivity contribution is 5.96. The van der Waals surface area contributed by atoms with Gasteiger partial charge in [0.05, 0.1) is 11.0 Å². The molecule has 0 N–H and O–H groups in total. The third-order valence-corrected chi connectivity index (χ3v) is 6.22. The molecular formula is C24H30N4O. The van der Waals surface area contributed by atoms with Crippen molar-refractivity contribution in [3.05, 3.63) is 59.4 Å². The minimum Gasteiger partial charge on any atom is -0.337 e. The van der Waals surface area contributed by atoms with Crippen LogP contribution in [0.2, 0.25) is 0 Å². The summed E-state index contributed by atoms with van der Waals surface area (Å²) in [6.45, 7) is 10.5. The summed E-state index contributed by atoms with van der Waals surface area (Å²) in [7, 11) is 1.94. The first-order valence-corrected chi connectivity index (χ1v) is 10.4. The minimum absolute atomic E-state index is 0.108. The molecule has 0 saturated carbocycles. The molecule has 1 atom stereocenters. The van der Waals surface area contributed by atoms with Gasteiger partial charge in [-0.25, -0.2) is 4.98 Å². The SMILES string of the molecule is Cc1cc(-n2c(C)nc3ccccc32)ccc1C(=O)N(C)[C@@H]1CCN(C(C)C)C1. The molecule has 4 rings (SSSR count). The van der Waals surface area contributed by atoms with Crippen LogP contribution in [0, 0.1) is 13.8 Å². The van der Waals surface area contributed by atoms with Gasteiger partial charge in [-0.1, -0.05) is 12.1 Å². The Morgan fingerprint density at radius 2 is 1.93 bits per heavy atom. The first-order valence-electron chi connectivity index (χ1n) is 10.4. The third kappa shape index (κ3) is 3.55. The summed E-state index contributed by atoms with van der Waals surface area (Å²) in [6, 6.07) is 15.0. The number of carbonyl (C=O) groups excluding carboxylic acids is 1. The molecular weight excluding hydrogens is 360 g/mol. The molecule has 152 valence electrons. The number of para-hydroxylation sites is 2. The van der Waals surface area contributed by atoms with Gasteiger partial charge in [0.2, 0.25) is 0 Å². The van der Waals surface area contributed by atoms with Crippen molar-refractivity contribution >= 4 is 16.9 Å². The predicted octanol–water partition coefficient (Wildman–Crippen LogP) is 4.20. The molecule has 1 aliphatic rings. The number of aromatic nitrogens is 2. The van der Waals surface area contributed by atoms with Crippen LogP contribution >= 0.6 is 0 Å². The molecule has 1 aromatic heterocycles. The molecule has 5 nitrogen and oxygen atoms in total. The number of hydrogen-bond acceptors (Lipinski definition) is 3. The summed E-state index contributed by atoms with van der Waals surface area (Å²) in [4.78, 5) is 22.2. The van der Waals surface area contributed by atoms with Crippen LogP contribution in [0.15, 0.2) is 42.5 Å². The molecule has 0 unspecified atom stereocenters. The Kier molecular flexibility index (Phi) is 5.17. The van der Waals surface area contributed by atoms with Crippen LogP contribution in [-0.2, 0) is 0 Å². The highest BCUT2D eigenvalue weighted by Crippen LogP contribution is 2.25. The zero-order valence-corrected chi connectivity index (χ0v) is 18.0. The van der Waals surface area contributed by atoms with Crippen molar-refractivity contribution in [1.82, 2.24) is 19.4 Å². The van der Waals surface area contributed by atoms with E-state index in [1.807, 2.05) is 56.1 Å². The Bertz CT molecular complexity index is 1050. The maximum atomic E-state index is 13.2. The van der Waals surface area contributed by atoms with Gasteiger partial charge in [0.25, 0.3) is 5.91 Å². The third-order valence-electron chi connectivity index (χ3n) is 6.22. The molecule has 1 fully saturated rings. The number of fused-ring (bicyclic) bond motifs is 1. The van der Waals surface area contributed by atoms with Crippen LogP contribution in [0.3, 0.4) is 0 Å². The van der Waals surface area contributed by atoms with Crippen LogP contribution in [0.1, 0.15) is 42.0 Å². The zero-order valence-electron chi connectivity index (χ0n) is 18.0. The molecule has 0 aliphatic carbocycles. The summed E-state index contributed by atoms with van der Waals surface area (Å²) in [5.74, 6) is 1.05. The van der Waals surface area contributed by atoms with Crippen molar-refractivity contribution in [3.8, 4) is 5.69 Å². The van der Waals surface area contributed by atoms with E-state index in [9.17, 15) is 4.79 Å². The molecule has 5 heteroatoms. The first-order chi connectivity index (χ1) is 13.9. The molecule has 1 amide bonds. The Balaban J connectivity index is 1.60. The topological polar surface area (TPSA) is 41.4 Å². The van der Waals surface area contributed by atoms with Gasteiger partial charge in [-0.15, -0.1) is 0 Å².